The van der Waals surface area contributed by atoms with Crippen molar-refractivity contribution in [3.8, 4) is 5.75 Å². The van der Waals surface area contributed by atoms with Crippen LogP contribution < -0.4 is 15.6 Å². The van der Waals surface area contributed by atoms with Gasteiger partial charge in [0.25, 0.3) is 5.56 Å². The molecule has 3 rings (SSSR count). The maximum atomic E-state index is 12.4. The Bertz CT molecular complexity index is 1000. The van der Waals surface area contributed by atoms with Gasteiger partial charge < -0.3 is 14.5 Å². The molecule has 28 heavy (non-hydrogen) atoms. The van der Waals surface area contributed by atoms with E-state index in [1.165, 1.54) is 6.07 Å². The second-order valence-corrected chi connectivity index (χ2v) is 7.27. The molecule has 0 saturated heterocycles. The number of aromatic nitrogens is 5. The number of imidazole rings is 1. The van der Waals surface area contributed by atoms with Gasteiger partial charge in [-0.1, -0.05) is 27.7 Å². The minimum atomic E-state index is -0.392. The minimum absolute atomic E-state index is 0.0445. The van der Waals surface area contributed by atoms with Crippen molar-refractivity contribution in [2.45, 2.75) is 40.2 Å². The molecule has 0 radical (unpaired) electrons. The Labute approximate surface area is 162 Å². The first-order valence-electron chi connectivity index (χ1n) is 9.17. The van der Waals surface area contributed by atoms with Crippen molar-refractivity contribution >= 4 is 17.4 Å². The molecule has 3 aromatic rings. The van der Waals surface area contributed by atoms with E-state index >= 15 is 0 Å². The molecular formula is C19H24N6O3. The van der Waals surface area contributed by atoms with E-state index in [1.54, 1.807) is 29.2 Å². The zero-order valence-corrected chi connectivity index (χ0v) is 16.4. The fraction of sp³-hybridized carbons (Fsp3) is 0.421. The molecule has 0 aliphatic carbocycles. The number of hydrogen-bond donors (Lipinski definition) is 1. The van der Waals surface area contributed by atoms with Crippen LogP contribution in [-0.4, -0.2) is 36.7 Å². The Balaban J connectivity index is 1.77. The van der Waals surface area contributed by atoms with Crippen LogP contribution in [0, 0.1) is 5.92 Å². The summed E-state index contributed by atoms with van der Waals surface area (Å²) in [6, 6.07) is 1.40. The van der Waals surface area contributed by atoms with Crippen molar-refractivity contribution < 1.29 is 9.53 Å². The van der Waals surface area contributed by atoms with Gasteiger partial charge in [-0.15, -0.1) is 0 Å². The maximum absolute atomic E-state index is 12.4. The van der Waals surface area contributed by atoms with Crippen molar-refractivity contribution in [1.82, 2.24) is 24.1 Å². The van der Waals surface area contributed by atoms with Crippen molar-refractivity contribution in [2.24, 2.45) is 5.92 Å². The molecule has 9 nitrogen and oxygen atoms in total. The van der Waals surface area contributed by atoms with Crippen molar-refractivity contribution in [1.29, 1.82) is 0 Å². The van der Waals surface area contributed by atoms with E-state index in [0.29, 0.717) is 35.4 Å². The average molecular weight is 384 g/mol. The molecule has 9 heteroatoms. The molecule has 3 aromatic heterocycles. The number of nitrogens with zero attached hydrogens (tertiary/aromatic N) is 5. The van der Waals surface area contributed by atoms with Crippen LogP contribution in [0.4, 0.5) is 5.82 Å². The molecule has 0 aliphatic rings. The predicted molar refractivity (Wildman–Crippen MR) is 105 cm³/mol. The van der Waals surface area contributed by atoms with Crippen LogP contribution in [-0.2, 0) is 11.3 Å². The van der Waals surface area contributed by atoms with Crippen LogP contribution >= 0.6 is 0 Å². The van der Waals surface area contributed by atoms with E-state index in [1.807, 2.05) is 27.7 Å². The van der Waals surface area contributed by atoms with Gasteiger partial charge in [-0.05, 0) is 5.92 Å². The largest absolute Gasteiger partial charge is 0.491 e. The summed E-state index contributed by atoms with van der Waals surface area (Å²) in [4.78, 5) is 33.0. The van der Waals surface area contributed by atoms with E-state index in [0.717, 1.165) is 4.68 Å². The van der Waals surface area contributed by atoms with Gasteiger partial charge in [-0.25, -0.2) is 9.67 Å². The molecule has 0 aromatic carbocycles. The van der Waals surface area contributed by atoms with Gasteiger partial charge in [-0.3, -0.25) is 14.6 Å². The number of hydrogen-bond acceptors (Lipinski definition) is 6. The monoisotopic (exact) mass is 384 g/mol. The Morgan fingerprint density at radius 3 is 2.75 bits per heavy atom. The summed E-state index contributed by atoms with van der Waals surface area (Å²) >= 11 is 0. The van der Waals surface area contributed by atoms with Gasteiger partial charge >= 0.3 is 0 Å². The smallest absolute Gasteiger partial charge is 0.270 e. The molecule has 148 valence electrons. The Morgan fingerprint density at radius 1 is 1.29 bits per heavy atom. The van der Waals surface area contributed by atoms with Crippen LogP contribution in [0.25, 0.3) is 5.65 Å². The summed E-state index contributed by atoms with van der Waals surface area (Å²) in [5.41, 5.74) is 0.867. The molecule has 0 atom stereocenters. The second-order valence-electron chi connectivity index (χ2n) is 7.27. The highest BCUT2D eigenvalue weighted by Gasteiger charge is 2.16. The lowest BCUT2D eigenvalue weighted by molar-refractivity contribution is -0.117. The third-order valence-electron chi connectivity index (χ3n) is 3.93. The minimum Gasteiger partial charge on any atom is -0.491 e. The second kappa shape index (κ2) is 8.20. The highest BCUT2D eigenvalue weighted by Crippen LogP contribution is 2.22. The van der Waals surface area contributed by atoms with Crippen LogP contribution in [0.2, 0.25) is 0 Å². The van der Waals surface area contributed by atoms with E-state index in [-0.39, 0.29) is 12.5 Å². The summed E-state index contributed by atoms with van der Waals surface area (Å²) in [6.07, 6.45) is 6.62. The molecule has 0 fully saturated rings. The van der Waals surface area contributed by atoms with Crippen molar-refractivity contribution in [2.75, 3.05) is 11.9 Å². The van der Waals surface area contributed by atoms with E-state index in [9.17, 15) is 9.59 Å². The van der Waals surface area contributed by atoms with Crippen LogP contribution in [0.15, 0.2) is 35.6 Å². The predicted octanol–water partition coefficient (Wildman–Crippen LogP) is 2.08. The summed E-state index contributed by atoms with van der Waals surface area (Å²) < 4.78 is 8.62. The molecule has 3 heterocycles. The highest BCUT2D eigenvalue weighted by atomic mass is 16.5. The maximum Gasteiger partial charge on any atom is 0.270 e. The summed E-state index contributed by atoms with van der Waals surface area (Å²) in [5.74, 6) is 0.832. The quantitative estimate of drug-likeness (QED) is 0.669. The fourth-order valence-corrected chi connectivity index (χ4v) is 2.60. The molecule has 1 amide bonds. The van der Waals surface area contributed by atoms with Gasteiger partial charge in [0.05, 0.1) is 19.0 Å². The molecule has 0 spiro atoms. The van der Waals surface area contributed by atoms with Gasteiger partial charge in [0.15, 0.2) is 11.5 Å². The Morgan fingerprint density at radius 2 is 2.07 bits per heavy atom. The van der Waals surface area contributed by atoms with Gasteiger partial charge in [0.1, 0.15) is 18.0 Å². The topological polar surface area (TPSA) is 103 Å². The number of rotatable bonds is 7. The molecule has 0 bridgehead atoms. The van der Waals surface area contributed by atoms with E-state index in [2.05, 4.69) is 20.4 Å². The van der Waals surface area contributed by atoms with Gasteiger partial charge in [-0.2, -0.15) is 5.10 Å². The van der Waals surface area contributed by atoms with Crippen LogP contribution in [0.5, 0.6) is 5.75 Å². The highest BCUT2D eigenvalue weighted by molar-refractivity contribution is 5.89. The Hall–Kier alpha value is -3.23. The van der Waals surface area contributed by atoms with Crippen LogP contribution in [0.3, 0.4) is 0 Å². The van der Waals surface area contributed by atoms with Gasteiger partial charge in [0, 0.05) is 24.4 Å². The summed E-state index contributed by atoms with van der Waals surface area (Å²) in [7, 11) is 0. The van der Waals surface area contributed by atoms with E-state index in [4.69, 9.17) is 4.74 Å². The standard InChI is InChI=1S/C19H24N6O3/c1-12(2)11-28-14-7-18(27)25(23-19(14)13(3)4)10-17(26)22-15-9-24-6-5-20-8-16(24)21-15/h5-9,12-13H,10-11H2,1-4H3,(H,22,26). The lowest BCUT2D eigenvalue weighted by atomic mass is 10.1. The number of fused-ring (bicyclic) bond motifs is 1. The SMILES string of the molecule is CC(C)COc1cc(=O)n(CC(=O)Nc2cn3ccncc3n2)nc1C(C)C. The number of carbonyl (C=O) groups excluding carboxylic acids is 1. The lowest BCUT2D eigenvalue weighted by Crippen LogP contribution is -2.30. The first-order valence-corrected chi connectivity index (χ1v) is 9.17. The summed E-state index contributed by atoms with van der Waals surface area (Å²) in [5, 5.41) is 7.04. The van der Waals surface area contributed by atoms with Gasteiger partial charge in [0.2, 0.25) is 5.91 Å². The van der Waals surface area contributed by atoms with Crippen molar-refractivity contribution in [3.63, 3.8) is 0 Å². The molecular weight excluding hydrogens is 360 g/mol. The number of nitrogens with one attached hydrogen (secondary N) is 1. The Kier molecular flexibility index (Phi) is 5.72. The zero-order valence-electron chi connectivity index (χ0n) is 16.4. The average Bonchev–Trinajstić information content (AvgIpc) is 3.03. The number of anilines is 1. The van der Waals surface area contributed by atoms with Crippen LogP contribution in [0.1, 0.15) is 39.3 Å². The fourth-order valence-electron chi connectivity index (χ4n) is 2.60. The van der Waals surface area contributed by atoms with E-state index < -0.39 is 11.5 Å². The van der Waals surface area contributed by atoms with Crippen molar-refractivity contribution in [3.05, 3.63) is 46.9 Å². The lowest BCUT2D eigenvalue weighted by Gasteiger charge is -2.16. The normalized spacial score (nSPS) is 11.4. The molecule has 0 aliphatic heterocycles. The zero-order chi connectivity index (χ0) is 20.3. The molecule has 0 unspecified atom stereocenters. The number of ether oxygens (including phenoxy) is 1. The summed E-state index contributed by atoms with van der Waals surface area (Å²) in [6.45, 7) is 8.27. The number of amides is 1. The number of carbonyl (C=O) groups is 1. The molecule has 1 N–H and O–H groups in total. The third-order valence-corrected chi connectivity index (χ3v) is 3.93. The third kappa shape index (κ3) is 4.54. The first-order chi connectivity index (χ1) is 13.3. The first kappa shape index (κ1) is 19.5. The molecule has 0 saturated carbocycles.